The Morgan fingerprint density at radius 1 is 0.571 bits per heavy atom. The van der Waals surface area contributed by atoms with Crippen molar-refractivity contribution in [3.8, 4) is 0 Å². The monoisotopic (exact) mass is 371 g/mol. The summed E-state index contributed by atoms with van der Waals surface area (Å²) in [4.78, 5) is 39.1. The van der Waals surface area contributed by atoms with Crippen molar-refractivity contribution >= 4 is 34.4 Å². The maximum Gasteiger partial charge on any atom is 0.162 e. The Hall–Kier alpha value is -3.53. The van der Waals surface area contributed by atoms with Crippen LogP contribution in [0.3, 0.4) is 0 Å². The third-order valence-electron chi connectivity index (χ3n) is 4.54. The Labute approximate surface area is 164 Å². The molecule has 0 saturated heterocycles. The van der Waals surface area contributed by atoms with Gasteiger partial charge in [-0.15, -0.1) is 0 Å². The number of Topliss-reactive ketones (excluding diaryl/α,β-unsaturated/α-hetero) is 3. The van der Waals surface area contributed by atoms with E-state index in [4.69, 9.17) is 0 Å². The van der Waals surface area contributed by atoms with Crippen LogP contribution in [0.4, 0.5) is 17.1 Å². The molecule has 0 atom stereocenters. The number of para-hydroxylation sites is 2. The van der Waals surface area contributed by atoms with Crippen molar-refractivity contribution < 1.29 is 14.4 Å². The summed E-state index contributed by atoms with van der Waals surface area (Å²) >= 11 is 0. The zero-order valence-corrected chi connectivity index (χ0v) is 16.1. The standard InChI is InChI=1S/C24H21NO3/c1-16(26)21-14-15-22(24(18(3)28)23(21)17(2)27)25(19-10-6-4-7-11-19)20-12-8-5-9-13-20/h4-15H,1-3H3. The van der Waals surface area contributed by atoms with Crippen LogP contribution in [0.2, 0.25) is 0 Å². The largest absolute Gasteiger partial charge is 0.310 e. The molecule has 28 heavy (non-hydrogen) atoms. The normalized spacial score (nSPS) is 10.4. The van der Waals surface area contributed by atoms with Gasteiger partial charge in [0.25, 0.3) is 0 Å². The summed E-state index contributed by atoms with van der Waals surface area (Å²) in [5, 5.41) is 0. The lowest BCUT2D eigenvalue weighted by Gasteiger charge is -2.28. The van der Waals surface area contributed by atoms with E-state index in [9.17, 15) is 14.4 Å². The van der Waals surface area contributed by atoms with Crippen molar-refractivity contribution in [1.29, 1.82) is 0 Å². The van der Waals surface area contributed by atoms with Gasteiger partial charge in [-0.25, -0.2) is 0 Å². The minimum absolute atomic E-state index is 0.175. The van der Waals surface area contributed by atoms with Crippen LogP contribution in [0.5, 0.6) is 0 Å². The average molecular weight is 371 g/mol. The number of hydrogen-bond acceptors (Lipinski definition) is 4. The van der Waals surface area contributed by atoms with Crippen molar-refractivity contribution in [2.24, 2.45) is 0 Å². The molecule has 3 aromatic rings. The lowest BCUT2D eigenvalue weighted by molar-refractivity contribution is 0.0968. The summed E-state index contributed by atoms with van der Waals surface area (Å²) in [6, 6.07) is 22.6. The second-order valence-corrected chi connectivity index (χ2v) is 6.56. The fourth-order valence-electron chi connectivity index (χ4n) is 3.37. The number of ketones is 3. The van der Waals surface area contributed by atoms with Crippen molar-refractivity contribution in [2.45, 2.75) is 20.8 Å². The number of hydrogen-bond donors (Lipinski definition) is 0. The Kier molecular flexibility index (Phi) is 5.50. The molecule has 0 saturated carbocycles. The van der Waals surface area contributed by atoms with Gasteiger partial charge in [0.2, 0.25) is 0 Å². The number of benzene rings is 3. The van der Waals surface area contributed by atoms with Crippen molar-refractivity contribution in [2.75, 3.05) is 4.90 Å². The first-order chi connectivity index (χ1) is 13.4. The Bertz CT molecular complexity index is 1000. The number of nitrogens with zero attached hydrogens (tertiary/aromatic N) is 1. The van der Waals surface area contributed by atoms with Crippen LogP contribution >= 0.6 is 0 Å². The fourth-order valence-corrected chi connectivity index (χ4v) is 3.37. The van der Waals surface area contributed by atoms with E-state index >= 15 is 0 Å². The third-order valence-corrected chi connectivity index (χ3v) is 4.54. The van der Waals surface area contributed by atoms with E-state index in [1.807, 2.05) is 65.6 Å². The van der Waals surface area contributed by atoms with Crippen LogP contribution in [0, 0.1) is 0 Å². The predicted octanol–water partition coefficient (Wildman–Crippen LogP) is 5.76. The zero-order chi connectivity index (χ0) is 20.3. The van der Waals surface area contributed by atoms with Crippen molar-refractivity contribution in [3.05, 3.63) is 89.5 Å². The molecule has 0 amide bonds. The van der Waals surface area contributed by atoms with Crippen LogP contribution in [0.25, 0.3) is 0 Å². The smallest absolute Gasteiger partial charge is 0.162 e. The molecule has 4 heteroatoms. The maximum absolute atomic E-state index is 12.6. The molecule has 3 rings (SSSR count). The van der Waals surface area contributed by atoms with Gasteiger partial charge in [-0.1, -0.05) is 36.4 Å². The number of carbonyl (C=O) groups is 3. The molecule has 0 aliphatic heterocycles. The minimum atomic E-state index is -0.307. The van der Waals surface area contributed by atoms with E-state index in [0.717, 1.165) is 11.4 Å². The first kappa shape index (κ1) is 19.2. The molecule has 0 radical (unpaired) electrons. The summed E-state index contributed by atoms with van der Waals surface area (Å²) in [5.41, 5.74) is 2.97. The Morgan fingerprint density at radius 2 is 1.04 bits per heavy atom. The number of anilines is 3. The summed E-state index contributed by atoms with van der Waals surface area (Å²) in [7, 11) is 0. The quantitative estimate of drug-likeness (QED) is 0.517. The molecule has 0 aromatic heterocycles. The van der Waals surface area contributed by atoms with E-state index in [0.29, 0.717) is 5.69 Å². The predicted molar refractivity (Wildman–Crippen MR) is 111 cm³/mol. The highest BCUT2D eigenvalue weighted by molar-refractivity contribution is 6.17. The van der Waals surface area contributed by atoms with Gasteiger partial charge < -0.3 is 4.90 Å². The van der Waals surface area contributed by atoms with Crippen LogP contribution in [0.1, 0.15) is 51.8 Å². The van der Waals surface area contributed by atoms with Gasteiger partial charge in [0, 0.05) is 22.5 Å². The van der Waals surface area contributed by atoms with Crippen LogP contribution in [-0.2, 0) is 0 Å². The highest BCUT2D eigenvalue weighted by Gasteiger charge is 2.26. The van der Waals surface area contributed by atoms with Gasteiger partial charge in [-0.3, -0.25) is 14.4 Å². The van der Waals surface area contributed by atoms with E-state index in [1.54, 1.807) is 12.1 Å². The second-order valence-electron chi connectivity index (χ2n) is 6.56. The van der Waals surface area contributed by atoms with Crippen LogP contribution < -0.4 is 4.90 Å². The van der Waals surface area contributed by atoms with E-state index < -0.39 is 0 Å². The van der Waals surface area contributed by atoms with E-state index in [2.05, 4.69) is 0 Å². The summed E-state index contributed by atoms with van der Waals surface area (Å²) in [6.45, 7) is 4.20. The summed E-state index contributed by atoms with van der Waals surface area (Å²) in [5.74, 6) is -0.816. The number of carbonyl (C=O) groups excluding carboxylic acids is 3. The molecule has 0 spiro atoms. The molecule has 3 aromatic carbocycles. The Morgan fingerprint density at radius 3 is 1.43 bits per heavy atom. The minimum Gasteiger partial charge on any atom is -0.310 e. The van der Waals surface area contributed by atoms with Crippen molar-refractivity contribution in [1.82, 2.24) is 0 Å². The van der Waals surface area contributed by atoms with E-state index in [1.165, 1.54) is 20.8 Å². The molecule has 0 N–H and O–H groups in total. The molecule has 0 fully saturated rings. The highest BCUT2D eigenvalue weighted by atomic mass is 16.1. The van der Waals surface area contributed by atoms with Gasteiger partial charge in [0.05, 0.1) is 11.3 Å². The molecular weight excluding hydrogens is 350 g/mol. The van der Waals surface area contributed by atoms with Gasteiger partial charge in [-0.2, -0.15) is 0 Å². The SMILES string of the molecule is CC(=O)c1ccc(N(c2ccccc2)c2ccccc2)c(C(C)=O)c1C(C)=O. The average Bonchev–Trinajstić information content (AvgIpc) is 2.69. The third kappa shape index (κ3) is 3.62. The lowest BCUT2D eigenvalue weighted by Crippen LogP contribution is -2.18. The number of rotatable bonds is 6. The molecule has 0 aliphatic carbocycles. The van der Waals surface area contributed by atoms with Gasteiger partial charge in [-0.05, 0) is 57.2 Å². The van der Waals surface area contributed by atoms with Gasteiger partial charge in [0.1, 0.15) is 0 Å². The van der Waals surface area contributed by atoms with Gasteiger partial charge >= 0.3 is 0 Å². The maximum atomic E-state index is 12.6. The van der Waals surface area contributed by atoms with Crippen LogP contribution in [-0.4, -0.2) is 17.3 Å². The zero-order valence-electron chi connectivity index (χ0n) is 16.1. The molecule has 140 valence electrons. The summed E-state index contributed by atoms with van der Waals surface area (Å²) < 4.78 is 0. The van der Waals surface area contributed by atoms with Crippen LogP contribution in [0.15, 0.2) is 72.8 Å². The lowest BCUT2D eigenvalue weighted by atomic mass is 9.91. The topological polar surface area (TPSA) is 54.5 Å². The molecular formula is C24H21NO3. The molecule has 0 aliphatic rings. The molecule has 4 nitrogen and oxygen atoms in total. The molecule has 0 unspecified atom stereocenters. The first-order valence-electron chi connectivity index (χ1n) is 9.02. The highest BCUT2D eigenvalue weighted by Crippen LogP contribution is 2.38. The second kappa shape index (κ2) is 8.01. The van der Waals surface area contributed by atoms with E-state index in [-0.39, 0.29) is 34.0 Å². The fraction of sp³-hybridized carbons (Fsp3) is 0.125. The first-order valence-corrected chi connectivity index (χ1v) is 9.02. The Balaban J connectivity index is 2.38. The van der Waals surface area contributed by atoms with Gasteiger partial charge in [0.15, 0.2) is 17.3 Å². The molecule has 0 heterocycles. The van der Waals surface area contributed by atoms with Crippen molar-refractivity contribution in [3.63, 3.8) is 0 Å². The summed E-state index contributed by atoms with van der Waals surface area (Å²) in [6.07, 6.45) is 0. The molecule has 0 bridgehead atoms.